The molecule has 1 saturated carbocycles. The van der Waals surface area contributed by atoms with Gasteiger partial charge in [0, 0.05) is 16.7 Å². The van der Waals surface area contributed by atoms with Gasteiger partial charge in [0.15, 0.2) is 5.16 Å². The third-order valence-corrected chi connectivity index (χ3v) is 7.97. The number of nitrogens with zero attached hydrogens (tertiary/aromatic N) is 1. The summed E-state index contributed by atoms with van der Waals surface area (Å²) >= 11 is 1.60. The van der Waals surface area contributed by atoms with E-state index >= 15 is 0 Å². The molecule has 5 rings (SSSR count). The lowest BCUT2D eigenvalue weighted by atomic mass is 9.60. The van der Waals surface area contributed by atoms with Gasteiger partial charge in [-0.25, -0.2) is 4.98 Å². The average Bonchev–Trinajstić information content (AvgIpc) is 2.79. The van der Waals surface area contributed by atoms with Crippen LogP contribution >= 0.6 is 11.8 Å². The highest BCUT2D eigenvalue weighted by molar-refractivity contribution is 7.98. The van der Waals surface area contributed by atoms with Gasteiger partial charge in [-0.05, 0) is 36.3 Å². The fraction of sp³-hybridized carbons (Fsp3) is 0.385. The summed E-state index contributed by atoms with van der Waals surface area (Å²) in [6.07, 6.45) is 7.22. The van der Waals surface area contributed by atoms with E-state index in [1.54, 1.807) is 11.8 Å². The van der Waals surface area contributed by atoms with Gasteiger partial charge in [0.05, 0.1) is 11.3 Å². The van der Waals surface area contributed by atoms with E-state index in [1.165, 1.54) is 43.2 Å². The first kappa shape index (κ1) is 19.6. The SMILES string of the molecule is C[C@@]1(C2CCCCC2)Cc2ccccc2-c2nc(SCc3ccccc3)[nH]c(=O)c21. The number of hydrogen-bond donors (Lipinski definition) is 1. The summed E-state index contributed by atoms with van der Waals surface area (Å²) in [7, 11) is 0. The molecule has 0 bridgehead atoms. The molecule has 2 aromatic carbocycles. The molecule has 1 aromatic heterocycles. The monoisotopic (exact) mass is 416 g/mol. The van der Waals surface area contributed by atoms with Crippen LogP contribution in [0.25, 0.3) is 11.3 Å². The Balaban J connectivity index is 1.58. The van der Waals surface area contributed by atoms with Crippen LogP contribution in [0.3, 0.4) is 0 Å². The highest BCUT2D eigenvalue weighted by Gasteiger charge is 2.44. The van der Waals surface area contributed by atoms with Crippen LogP contribution < -0.4 is 5.56 Å². The molecule has 1 atom stereocenters. The van der Waals surface area contributed by atoms with Gasteiger partial charge < -0.3 is 4.98 Å². The van der Waals surface area contributed by atoms with E-state index in [0.29, 0.717) is 11.1 Å². The molecular formula is C26H28N2OS. The molecule has 0 saturated heterocycles. The van der Waals surface area contributed by atoms with Gasteiger partial charge >= 0.3 is 0 Å². The third kappa shape index (κ3) is 3.51. The molecule has 2 aliphatic rings. The van der Waals surface area contributed by atoms with E-state index in [2.05, 4.69) is 48.3 Å². The number of aromatic nitrogens is 2. The molecule has 30 heavy (non-hydrogen) atoms. The van der Waals surface area contributed by atoms with E-state index in [-0.39, 0.29) is 11.0 Å². The summed E-state index contributed by atoms with van der Waals surface area (Å²) < 4.78 is 0. The topological polar surface area (TPSA) is 45.8 Å². The predicted octanol–water partition coefficient (Wildman–Crippen LogP) is 6.12. The molecule has 0 unspecified atom stereocenters. The average molecular weight is 417 g/mol. The van der Waals surface area contributed by atoms with Gasteiger partial charge in [-0.1, -0.05) is 92.5 Å². The summed E-state index contributed by atoms with van der Waals surface area (Å²) in [4.78, 5) is 21.6. The fourth-order valence-corrected chi connectivity index (χ4v) is 6.27. The number of H-pyrrole nitrogens is 1. The maximum Gasteiger partial charge on any atom is 0.255 e. The van der Waals surface area contributed by atoms with E-state index in [1.807, 2.05) is 18.2 Å². The second-order valence-electron chi connectivity index (χ2n) is 8.96. The quantitative estimate of drug-likeness (QED) is 0.411. The molecule has 154 valence electrons. The van der Waals surface area contributed by atoms with Crippen LogP contribution in [0.1, 0.15) is 55.7 Å². The molecule has 0 amide bonds. The van der Waals surface area contributed by atoms with Crippen molar-refractivity contribution in [3.8, 4) is 11.3 Å². The zero-order valence-electron chi connectivity index (χ0n) is 17.5. The molecule has 0 aliphatic heterocycles. The smallest absolute Gasteiger partial charge is 0.255 e. The summed E-state index contributed by atoms with van der Waals surface area (Å²) in [5.41, 5.74) is 5.42. The van der Waals surface area contributed by atoms with Crippen LogP contribution in [0, 0.1) is 5.92 Å². The van der Waals surface area contributed by atoms with Gasteiger partial charge in [0.1, 0.15) is 0 Å². The van der Waals surface area contributed by atoms with Crippen molar-refractivity contribution in [1.29, 1.82) is 0 Å². The first-order valence-electron chi connectivity index (χ1n) is 11.0. The second-order valence-corrected chi connectivity index (χ2v) is 9.92. The zero-order valence-corrected chi connectivity index (χ0v) is 18.3. The van der Waals surface area contributed by atoms with Crippen molar-refractivity contribution < 1.29 is 0 Å². The minimum Gasteiger partial charge on any atom is -0.301 e. The molecule has 1 N–H and O–H groups in total. The summed E-state index contributed by atoms with van der Waals surface area (Å²) in [5, 5.41) is 0.713. The molecule has 0 radical (unpaired) electrons. The Morgan fingerprint density at radius 3 is 2.57 bits per heavy atom. The van der Waals surface area contributed by atoms with Gasteiger partial charge in [-0.3, -0.25) is 4.79 Å². The van der Waals surface area contributed by atoms with Gasteiger partial charge in [-0.15, -0.1) is 0 Å². The Kier molecular flexibility index (Phi) is 5.28. The maximum absolute atomic E-state index is 13.5. The van der Waals surface area contributed by atoms with Crippen LogP contribution in [0.15, 0.2) is 64.5 Å². The molecular weight excluding hydrogens is 388 g/mol. The summed E-state index contributed by atoms with van der Waals surface area (Å²) in [5.74, 6) is 1.34. The van der Waals surface area contributed by atoms with E-state index in [0.717, 1.165) is 29.0 Å². The molecule has 1 fully saturated rings. The van der Waals surface area contributed by atoms with Gasteiger partial charge in [0.2, 0.25) is 0 Å². The lowest BCUT2D eigenvalue weighted by Crippen LogP contribution is -2.43. The maximum atomic E-state index is 13.5. The molecule has 0 spiro atoms. The second kappa shape index (κ2) is 8.07. The Morgan fingerprint density at radius 2 is 1.77 bits per heavy atom. The highest BCUT2D eigenvalue weighted by atomic mass is 32.2. The van der Waals surface area contributed by atoms with Crippen molar-refractivity contribution >= 4 is 11.8 Å². The van der Waals surface area contributed by atoms with Crippen LogP contribution in [-0.2, 0) is 17.6 Å². The minimum atomic E-state index is -0.146. The number of fused-ring (bicyclic) bond motifs is 3. The van der Waals surface area contributed by atoms with Crippen molar-refractivity contribution in [3.63, 3.8) is 0 Å². The number of rotatable bonds is 4. The number of aromatic amines is 1. The fourth-order valence-electron chi connectivity index (χ4n) is 5.45. The molecule has 3 aromatic rings. The van der Waals surface area contributed by atoms with Crippen LogP contribution in [0.2, 0.25) is 0 Å². The first-order chi connectivity index (χ1) is 14.6. The molecule has 3 nitrogen and oxygen atoms in total. The van der Waals surface area contributed by atoms with Crippen molar-refractivity contribution in [2.45, 2.75) is 61.8 Å². The van der Waals surface area contributed by atoms with E-state index in [9.17, 15) is 4.79 Å². The number of hydrogen-bond acceptors (Lipinski definition) is 3. The van der Waals surface area contributed by atoms with Crippen LogP contribution in [-0.4, -0.2) is 9.97 Å². The Morgan fingerprint density at radius 1 is 1.03 bits per heavy atom. The van der Waals surface area contributed by atoms with Crippen molar-refractivity contribution in [2.75, 3.05) is 0 Å². The molecule has 4 heteroatoms. The molecule has 1 heterocycles. The standard InChI is InChI=1S/C26H28N2OS/c1-26(20-13-6-3-7-14-20)16-19-12-8-9-15-21(19)23-22(26)24(29)28-25(27-23)30-17-18-10-4-2-5-11-18/h2,4-5,8-12,15,20H,3,6-7,13-14,16-17H2,1H3,(H,27,28,29)/t26-/m0/s1. The van der Waals surface area contributed by atoms with Crippen molar-refractivity contribution in [2.24, 2.45) is 5.92 Å². The lowest BCUT2D eigenvalue weighted by Gasteiger charge is -2.43. The number of nitrogens with one attached hydrogen (secondary N) is 1. The Bertz CT molecular complexity index is 1100. The van der Waals surface area contributed by atoms with Crippen LogP contribution in [0.4, 0.5) is 0 Å². The molecule has 2 aliphatic carbocycles. The normalized spacial score (nSPS) is 21.1. The van der Waals surface area contributed by atoms with Crippen molar-refractivity contribution in [3.05, 3.63) is 81.6 Å². The minimum absolute atomic E-state index is 0.0538. The van der Waals surface area contributed by atoms with Crippen LogP contribution in [0.5, 0.6) is 0 Å². The largest absolute Gasteiger partial charge is 0.301 e. The van der Waals surface area contributed by atoms with Gasteiger partial charge in [-0.2, -0.15) is 0 Å². The summed E-state index contributed by atoms with van der Waals surface area (Å²) in [6.45, 7) is 2.31. The Hall–Kier alpha value is -2.33. The third-order valence-electron chi connectivity index (χ3n) is 7.02. The van der Waals surface area contributed by atoms with E-state index in [4.69, 9.17) is 4.98 Å². The predicted molar refractivity (Wildman–Crippen MR) is 124 cm³/mol. The number of thioether (sulfide) groups is 1. The van der Waals surface area contributed by atoms with Crippen molar-refractivity contribution in [1.82, 2.24) is 9.97 Å². The lowest BCUT2D eigenvalue weighted by molar-refractivity contribution is 0.213. The summed E-state index contributed by atoms with van der Waals surface area (Å²) in [6, 6.07) is 18.9. The Labute approximate surface area is 182 Å². The van der Waals surface area contributed by atoms with Gasteiger partial charge in [0.25, 0.3) is 5.56 Å². The first-order valence-corrected chi connectivity index (χ1v) is 12.0. The zero-order chi connectivity index (χ0) is 20.6. The highest BCUT2D eigenvalue weighted by Crippen LogP contribution is 2.48. The van der Waals surface area contributed by atoms with E-state index < -0.39 is 0 Å². The number of benzene rings is 2.